The van der Waals surface area contributed by atoms with Gasteiger partial charge in [0.05, 0.1) is 10.6 Å². The molecule has 1 saturated heterocycles. The van der Waals surface area contributed by atoms with Gasteiger partial charge >= 0.3 is 0 Å². The second-order valence-corrected chi connectivity index (χ2v) is 9.54. The van der Waals surface area contributed by atoms with E-state index >= 15 is 0 Å². The van der Waals surface area contributed by atoms with E-state index in [4.69, 9.17) is 0 Å². The van der Waals surface area contributed by atoms with Crippen molar-refractivity contribution in [2.75, 3.05) is 18.8 Å². The molecule has 0 spiro atoms. The van der Waals surface area contributed by atoms with Crippen molar-refractivity contribution >= 4 is 15.7 Å². The third-order valence-electron chi connectivity index (χ3n) is 5.19. The van der Waals surface area contributed by atoms with Crippen molar-refractivity contribution < 1.29 is 13.2 Å². The Bertz CT molecular complexity index is 884. The van der Waals surface area contributed by atoms with E-state index in [1.54, 1.807) is 19.1 Å². The van der Waals surface area contributed by atoms with Crippen LogP contribution in [-0.4, -0.2) is 38.1 Å². The third kappa shape index (κ3) is 5.42. The zero-order chi connectivity index (χ0) is 20.0. The third-order valence-corrected chi connectivity index (χ3v) is 6.94. The van der Waals surface area contributed by atoms with Crippen LogP contribution in [0, 0.1) is 0 Å². The molecule has 28 heavy (non-hydrogen) atoms. The Morgan fingerprint density at radius 2 is 1.54 bits per heavy atom. The van der Waals surface area contributed by atoms with Gasteiger partial charge in [0, 0.05) is 18.7 Å². The van der Waals surface area contributed by atoms with E-state index in [2.05, 4.69) is 34.5 Å². The molecule has 2 aromatic rings. The summed E-state index contributed by atoms with van der Waals surface area (Å²) in [7, 11) is -3.25. The van der Waals surface area contributed by atoms with Gasteiger partial charge in [0.25, 0.3) is 5.91 Å². The quantitative estimate of drug-likeness (QED) is 0.774. The Morgan fingerprint density at radius 3 is 2.14 bits per heavy atom. The van der Waals surface area contributed by atoms with Crippen molar-refractivity contribution in [1.82, 2.24) is 10.2 Å². The summed E-state index contributed by atoms with van der Waals surface area (Å²) in [6, 6.07) is 14.4. The second-order valence-electron chi connectivity index (χ2n) is 7.26. The summed E-state index contributed by atoms with van der Waals surface area (Å²) in [6.07, 6.45) is 3.91. The van der Waals surface area contributed by atoms with Gasteiger partial charge in [-0.05, 0) is 61.3 Å². The number of amides is 1. The minimum atomic E-state index is -3.25. The summed E-state index contributed by atoms with van der Waals surface area (Å²) in [5, 5.41) is 2.89. The van der Waals surface area contributed by atoms with E-state index < -0.39 is 9.84 Å². The molecule has 0 unspecified atom stereocenters. The molecule has 0 aromatic heterocycles. The fraction of sp³-hybridized carbons (Fsp3) is 0.409. The van der Waals surface area contributed by atoms with Gasteiger partial charge in [-0.1, -0.05) is 37.6 Å². The fourth-order valence-corrected chi connectivity index (χ4v) is 4.29. The summed E-state index contributed by atoms with van der Waals surface area (Å²) < 4.78 is 23.7. The Labute approximate surface area is 167 Å². The lowest BCUT2D eigenvalue weighted by atomic mass is 10.1. The molecule has 5 nitrogen and oxygen atoms in total. The molecule has 1 heterocycles. The molecule has 150 valence electrons. The minimum Gasteiger partial charge on any atom is -0.348 e. The minimum absolute atomic E-state index is 0.0479. The van der Waals surface area contributed by atoms with Crippen molar-refractivity contribution in [2.24, 2.45) is 0 Å². The SMILES string of the molecule is CCS(=O)(=O)c1ccc(C(=O)NCc2ccc(CN3CCCCC3)cc2)cc1. The highest BCUT2D eigenvalue weighted by molar-refractivity contribution is 7.91. The van der Waals surface area contributed by atoms with Gasteiger partial charge in [-0.2, -0.15) is 0 Å². The van der Waals surface area contributed by atoms with Crippen molar-refractivity contribution in [3.8, 4) is 0 Å². The summed E-state index contributed by atoms with van der Waals surface area (Å²) in [5.41, 5.74) is 2.79. The van der Waals surface area contributed by atoms with Crippen molar-refractivity contribution in [1.29, 1.82) is 0 Å². The number of carbonyl (C=O) groups excluding carboxylic acids is 1. The maximum atomic E-state index is 12.3. The lowest BCUT2D eigenvalue weighted by Crippen LogP contribution is -2.29. The smallest absolute Gasteiger partial charge is 0.251 e. The van der Waals surface area contributed by atoms with Gasteiger partial charge in [-0.25, -0.2) is 8.42 Å². The van der Waals surface area contributed by atoms with Crippen molar-refractivity contribution in [3.63, 3.8) is 0 Å². The number of hydrogen-bond acceptors (Lipinski definition) is 4. The zero-order valence-corrected chi connectivity index (χ0v) is 17.2. The Kier molecular flexibility index (Phi) is 6.86. The normalized spacial score (nSPS) is 15.3. The van der Waals surface area contributed by atoms with E-state index in [0.717, 1.165) is 12.1 Å². The molecule has 0 atom stereocenters. The number of sulfone groups is 1. The van der Waals surface area contributed by atoms with Crippen LogP contribution in [0.3, 0.4) is 0 Å². The molecule has 1 N–H and O–H groups in total. The first-order valence-corrected chi connectivity index (χ1v) is 11.5. The molecule has 1 aliphatic rings. The maximum Gasteiger partial charge on any atom is 0.251 e. The van der Waals surface area contributed by atoms with E-state index in [1.807, 2.05) is 0 Å². The van der Waals surface area contributed by atoms with E-state index in [0.29, 0.717) is 12.1 Å². The average Bonchev–Trinajstić information content (AvgIpc) is 2.74. The lowest BCUT2D eigenvalue weighted by Gasteiger charge is -2.26. The largest absolute Gasteiger partial charge is 0.348 e. The molecule has 0 aliphatic carbocycles. The molecule has 2 aromatic carbocycles. The first-order chi connectivity index (χ1) is 13.5. The van der Waals surface area contributed by atoms with Crippen LogP contribution >= 0.6 is 0 Å². The maximum absolute atomic E-state index is 12.3. The molecule has 1 amide bonds. The van der Waals surface area contributed by atoms with Crippen molar-refractivity contribution in [2.45, 2.75) is 44.2 Å². The van der Waals surface area contributed by atoms with E-state index in [9.17, 15) is 13.2 Å². The Balaban J connectivity index is 1.52. The lowest BCUT2D eigenvalue weighted by molar-refractivity contribution is 0.0951. The van der Waals surface area contributed by atoms with Crippen molar-refractivity contribution in [3.05, 3.63) is 65.2 Å². The van der Waals surface area contributed by atoms with Crippen LogP contribution in [0.4, 0.5) is 0 Å². The molecule has 0 saturated carbocycles. The second kappa shape index (κ2) is 9.34. The molecule has 1 fully saturated rings. The van der Waals surface area contributed by atoms with Gasteiger partial charge in [-0.3, -0.25) is 9.69 Å². The first-order valence-electron chi connectivity index (χ1n) is 9.89. The highest BCUT2D eigenvalue weighted by atomic mass is 32.2. The number of nitrogens with one attached hydrogen (secondary N) is 1. The molecule has 0 bridgehead atoms. The average molecular weight is 401 g/mol. The topological polar surface area (TPSA) is 66.5 Å². The van der Waals surface area contributed by atoms with Gasteiger partial charge in [-0.15, -0.1) is 0 Å². The number of rotatable bonds is 7. The number of likely N-dealkylation sites (tertiary alicyclic amines) is 1. The number of piperidine rings is 1. The van der Waals surface area contributed by atoms with Crippen LogP contribution in [0.5, 0.6) is 0 Å². The van der Waals surface area contributed by atoms with Crippen LogP contribution in [-0.2, 0) is 22.9 Å². The standard InChI is InChI=1S/C22H28N2O3S/c1-2-28(26,27)21-12-10-20(11-13-21)22(25)23-16-18-6-8-19(9-7-18)17-24-14-4-3-5-15-24/h6-13H,2-5,14-17H2,1H3,(H,23,25). The summed E-state index contributed by atoms with van der Waals surface area (Å²) in [4.78, 5) is 15.0. The van der Waals surface area contributed by atoms with Crippen LogP contribution in [0.2, 0.25) is 0 Å². The first kappa shape index (κ1) is 20.6. The monoisotopic (exact) mass is 400 g/mol. The molecule has 1 aliphatic heterocycles. The predicted octanol–water partition coefficient (Wildman–Crippen LogP) is 3.40. The molecule has 6 heteroatoms. The summed E-state index contributed by atoms with van der Waals surface area (Å²) in [6.45, 7) is 5.39. The zero-order valence-electron chi connectivity index (χ0n) is 16.4. The molecular weight excluding hydrogens is 372 g/mol. The summed E-state index contributed by atoms with van der Waals surface area (Å²) in [5.74, 6) is -0.162. The number of nitrogens with zero attached hydrogens (tertiary/aromatic N) is 1. The van der Waals surface area contributed by atoms with Gasteiger partial charge in [0.2, 0.25) is 0 Å². The highest BCUT2D eigenvalue weighted by Gasteiger charge is 2.13. The van der Waals surface area contributed by atoms with E-state index in [-0.39, 0.29) is 16.6 Å². The van der Waals surface area contributed by atoms with Crippen LogP contribution in [0.25, 0.3) is 0 Å². The van der Waals surface area contributed by atoms with Gasteiger partial charge < -0.3 is 5.32 Å². The van der Waals surface area contributed by atoms with Crippen LogP contribution < -0.4 is 5.32 Å². The Morgan fingerprint density at radius 1 is 0.929 bits per heavy atom. The van der Waals surface area contributed by atoms with Gasteiger partial charge in [0.1, 0.15) is 0 Å². The fourth-order valence-electron chi connectivity index (χ4n) is 3.40. The number of benzene rings is 2. The molecule has 0 radical (unpaired) electrons. The van der Waals surface area contributed by atoms with E-state index in [1.165, 1.54) is 50.0 Å². The highest BCUT2D eigenvalue weighted by Crippen LogP contribution is 2.14. The van der Waals surface area contributed by atoms with Crippen LogP contribution in [0.1, 0.15) is 47.7 Å². The summed E-state index contributed by atoms with van der Waals surface area (Å²) >= 11 is 0. The van der Waals surface area contributed by atoms with Gasteiger partial charge in [0.15, 0.2) is 9.84 Å². The number of hydrogen-bond donors (Lipinski definition) is 1. The predicted molar refractivity (Wildman–Crippen MR) is 111 cm³/mol. The molecule has 3 rings (SSSR count). The van der Waals surface area contributed by atoms with Crippen LogP contribution in [0.15, 0.2) is 53.4 Å². The number of carbonyl (C=O) groups is 1. The molecular formula is C22H28N2O3S. The Hall–Kier alpha value is -2.18.